The molecule has 0 spiro atoms. The number of nitrogens with zero attached hydrogens (tertiary/aromatic N) is 2. The SMILES string of the molecule is Cc1noc(C)c1CCC(=O)N1CC(CC(=O)O)C1. The molecule has 1 fully saturated rings. The molecule has 1 saturated heterocycles. The predicted molar refractivity (Wildman–Crippen MR) is 66.6 cm³/mol. The molecular formula is C13H18N2O4. The fourth-order valence-corrected chi connectivity index (χ4v) is 2.40. The zero-order valence-corrected chi connectivity index (χ0v) is 11.2. The number of carboxylic acids is 1. The van der Waals surface area contributed by atoms with Gasteiger partial charge in [-0.1, -0.05) is 5.16 Å². The summed E-state index contributed by atoms with van der Waals surface area (Å²) in [5, 5.41) is 12.5. The van der Waals surface area contributed by atoms with Crippen molar-refractivity contribution in [2.45, 2.75) is 33.1 Å². The first-order chi connectivity index (χ1) is 8.97. The summed E-state index contributed by atoms with van der Waals surface area (Å²) in [6, 6.07) is 0. The van der Waals surface area contributed by atoms with Crippen LogP contribution in [-0.2, 0) is 16.0 Å². The number of likely N-dealkylation sites (tertiary alicyclic amines) is 1. The van der Waals surface area contributed by atoms with Crippen molar-refractivity contribution in [1.29, 1.82) is 0 Å². The van der Waals surface area contributed by atoms with Gasteiger partial charge in [-0.3, -0.25) is 9.59 Å². The molecule has 1 amide bonds. The van der Waals surface area contributed by atoms with Crippen LogP contribution in [0.1, 0.15) is 29.9 Å². The van der Waals surface area contributed by atoms with Crippen molar-refractivity contribution in [1.82, 2.24) is 10.1 Å². The van der Waals surface area contributed by atoms with E-state index in [0.29, 0.717) is 25.9 Å². The van der Waals surface area contributed by atoms with Gasteiger partial charge in [0.1, 0.15) is 5.76 Å². The van der Waals surface area contributed by atoms with Crippen LogP contribution in [0, 0.1) is 19.8 Å². The summed E-state index contributed by atoms with van der Waals surface area (Å²) in [5.41, 5.74) is 1.83. The average molecular weight is 266 g/mol. The molecule has 1 N–H and O–H groups in total. The number of rotatable bonds is 5. The van der Waals surface area contributed by atoms with Gasteiger partial charge in [-0.25, -0.2) is 0 Å². The van der Waals surface area contributed by atoms with Crippen molar-refractivity contribution in [2.24, 2.45) is 5.92 Å². The quantitative estimate of drug-likeness (QED) is 0.864. The molecule has 0 radical (unpaired) electrons. The Hall–Kier alpha value is -1.85. The first-order valence-electron chi connectivity index (χ1n) is 6.38. The molecule has 6 nitrogen and oxygen atoms in total. The molecule has 0 unspecified atom stereocenters. The minimum absolute atomic E-state index is 0.0710. The van der Waals surface area contributed by atoms with Crippen LogP contribution in [0.4, 0.5) is 0 Å². The second-order valence-electron chi connectivity index (χ2n) is 5.07. The van der Waals surface area contributed by atoms with E-state index in [1.165, 1.54) is 0 Å². The van der Waals surface area contributed by atoms with Crippen LogP contribution in [0.15, 0.2) is 4.52 Å². The third-order valence-corrected chi connectivity index (χ3v) is 3.54. The number of carboxylic acid groups (broad SMARTS) is 1. The van der Waals surface area contributed by atoms with E-state index >= 15 is 0 Å². The predicted octanol–water partition coefficient (Wildman–Crippen LogP) is 1.16. The number of hydrogen-bond donors (Lipinski definition) is 1. The summed E-state index contributed by atoms with van der Waals surface area (Å²) in [5.74, 6) is 0.146. The van der Waals surface area contributed by atoms with Crippen LogP contribution >= 0.6 is 0 Å². The molecule has 6 heteroatoms. The molecule has 1 aromatic rings. The van der Waals surface area contributed by atoms with Gasteiger partial charge < -0.3 is 14.5 Å². The zero-order chi connectivity index (χ0) is 14.0. The minimum atomic E-state index is -0.798. The van der Waals surface area contributed by atoms with Crippen molar-refractivity contribution >= 4 is 11.9 Å². The molecule has 0 aliphatic carbocycles. The van der Waals surface area contributed by atoms with Gasteiger partial charge in [0.05, 0.1) is 12.1 Å². The van der Waals surface area contributed by atoms with E-state index in [9.17, 15) is 9.59 Å². The third kappa shape index (κ3) is 3.13. The standard InChI is InChI=1S/C13H18N2O4/c1-8-11(9(2)19-14-8)3-4-12(16)15-6-10(7-15)5-13(17)18/h10H,3-7H2,1-2H3,(H,17,18). The Labute approximate surface area is 111 Å². The smallest absolute Gasteiger partial charge is 0.303 e. The topological polar surface area (TPSA) is 83.6 Å². The maximum absolute atomic E-state index is 11.9. The van der Waals surface area contributed by atoms with Gasteiger partial charge >= 0.3 is 5.97 Å². The molecular weight excluding hydrogens is 248 g/mol. The highest BCUT2D eigenvalue weighted by Gasteiger charge is 2.31. The Morgan fingerprint density at radius 2 is 2.11 bits per heavy atom. The van der Waals surface area contributed by atoms with E-state index in [1.54, 1.807) is 4.90 Å². The zero-order valence-electron chi connectivity index (χ0n) is 11.2. The second kappa shape index (κ2) is 5.42. The largest absolute Gasteiger partial charge is 0.481 e. The van der Waals surface area contributed by atoms with Crippen LogP contribution in [0.25, 0.3) is 0 Å². The highest BCUT2D eigenvalue weighted by atomic mass is 16.5. The Bertz CT molecular complexity index is 469. The molecule has 1 aliphatic heterocycles. The van der Waals surface area contributed by atoms with Crippen molar-refractivity contribution in [2.75, 3.05) is 13.1 Å². The van der Waals surface area contributed by atoms with E-state index in [-0.39, 0.29) is 18.2 Å². The summed E-state index contributed by atoms with van der Waals surface area (Å²) in [6.45, 7) is 4.83. The van der Waals surface area contributed by atoms with Crippen LogP contribution in [-0.4, -0.2) is 40.1 Å². The van der Waals surface area contributed by atoms with E-state index in [1.807, 2.05) is 13.8 Å². The molecule has 19 heavy (non-hydrogen) atoms. The lowest BCUT2D eigenvalue weighted by atomic mass is 9.95. The van der Waals surface area contributed by atoms with Crippen LogP contribution in [0.5, 0.6) is 0 Å². The second-order valence-corrected chi connectivity index (χ2v) is 5.07. The normalized spacial score (nSPS) is 15.4. The molecule has 104 valence electrons. The van der Waals surface area contributed by atoms with E-state index in [0.717, 1.165) is 17.0 Å². The summed E-state index contributed by atoms with van der Waals surface area (Å²) in [7, 11) is 0. The molecule has 1 aromatic heterocycles. The maximum Gasteiger partial charge on any atom is 0.303 e. The van der Waals surface area contributed by atoms with Crippen molar-refractivity contribution in [3.05, 3.63) is 17.0 Å². The monoisotopic (exact) mass is 266 g/mol. The van der Waals surface area contributed by atoms with Crippen molar-refractivity contribution in [3.8, 4) is 0 Å². The first kappa shape index (κ1) is 13.6. The number of aromatic nitrogens is 1. The highest BCUT2D eigenvalue weighted by molar-refractivity contribution is 5.77. The van der Waals surface area contributed by atoms with Gasteiger partial charge in [0.2, 0.25) is 5.91 Å². The van der Waals surface area contributed by atoms with Gasteiger partial charge in [0.25, 0.3) is 0 Å². The average Bonchev–Trinajstić information content (AvgIpc) is 2.60. The Kier molecular flexibility index (Phi) is 3.87. The van der Waals surface area contributed by atoms with Gasteiger partial charge in [-0.05, 0) is 20.3 Å². The maximum atomic E-state index is 11.9. The molecule has 2 heterocycles. The number of amides is 1. The lowest BCUT2D eigenvalue weighted by Crippen LogP contribution is -2.50. The molecule has 1 aliphatic rings. The van der Waals surface area contributed by atoms with Crippen molar-refractivity contribution in [3.63, 3.8) is 0 Å². The lowest BCUT2D eigenvalue weighted by molar-refractivity contribution is -0.145. The van der Waals surface area contributed by atoms with Gasteiger partial charge in [-0.2, -0.15) is 0 Å². The molecule has 0 aromatic carbocycles. The van der Waals surface area contributed by atoms with Crippen LogP contribution in [0.2, 0.25) is 0 Å². The number of hydrogen-bond acceptors (Lipinski definition) is 4. The summed E-state index contributed by atoms with van der Waals surface area (Å²) in [6.07, 6.45) is 1.19. The number of carbonyl (C=O) groups excluding carboxylic acids is 1. The molecule has 0 saturated carbocycles. The van der Waals surface area contributed by atoms with E-state index < -0.39 is 5.97 Å². The Morgan fingerprint density at radius 1 is 1.42 bits per heavy atom. The molecule has 0 bridgehead atoms. The van der Waals surface area contributed by atoms with E-state index in [4.69, 9.17) is 9.63 Å². The first-order valence-corrected chi connectivity index (χ1v) is 6.38. The van der Waals surface area contributed by atoms with Gasteiger partial charge in [0, 0.05) is 31.0 Å². The Balaban J connectivity index is 1.76. The third-order valence-electron chi connectivity index (χ3n) is 3.54. The van der Waals surface area contributed by atoms with Gasteiger partial charge in [0.15, 0.2) is 0 Å². The summed E-state index contributed by atoms with van der Waals surface area (Å²) < 4.78 is 5.05. The fraction of sp³-hybridized carbons (Fsp3) is 0.615. The molecule has 2 rings (SSSR count). The highest BCUT2D eigenvalue weighted by Crippen LogP contribution is 2.21. The number of aryl methyl sites for hydroxylation is 2. The number of carbonyl (C=O) groups is 2. The Morgan fingerprint density at radius 3 is 2.63 bits per heavy atom. The molecule has 0 atom stereocenters. The van der Waals surface area contributed by atoms with Crippen LogP contribution < -0.4 is 0 Å². The van der Waals surface area contributed by atoms with Crippen LogP contribution in [0.3, 0.4) is 0 Å². The number of aliphatic carboxylic acids is 1. The van der Waals surface area contributed by atoms with E-state index in [2.05, 4.69) is 5.16 Å². The van der Waals surface area contributed by atoms with Gasteiger partial charge in [-0.15, -0.1) is 0 Å². The summed E-state index contributed by atoms with van der Waals surface area (Å²) >= 11 is 0. The minimum Gasteiger partial charge on any atom is -0.481 e. The fourth-order valence-electron chi connectivity index (χ4n) is 2.40. The summed E-state index contributed by atoms with van der Waals surface area (Å²) in [4.78, 5) is 24.1. The van der Waals surface area contributed by atoms with Crippen molar-refractivity contribution < 1.29 is 19.2 Å². The lowest BCUT2D eigenvalue weighted by Gasteiger charge is -2.38.